The molecular weight excluding hydrogens is 401 g/mol. The maximum Gasteiger partial charge on any atom is 0.0634 e. The first-order valence-corrected chi connectivity index (χ1v) is 8.51. The zero-order chi connectivity index (χ0) is 14.3. The highest BCUT2D eigenvalue weighted by Gasteiger charge is 2.23. The van der Waals surface area contributed by atoms with E-state index in [1.54, 1.807) is 0 Å². The third-order valence-corrected chi connectivity index (χ3v) is 5.17. The van der Waals surface area contributed by atoms with Crippen LogP contribution in [-0.4, -0.2) is 0 Å². The molecule has 2 aromatic carbocycles. The van der Waals surface area contributed by atoms with Crippen molar-refractivity contribution in [1.29, 1.82) is 0 Å². The predicted molar refractivity (Wildman–Crippen MR) is 92.7 cm³/mol. The molecule has 0 heterocycles. The first kappa shape index (κ1) is 14.4. The van der Waals surface area contributed by atoms with Crippen LogP contribution in [0.25, 0.3) is 0 Å². The number of benzene rings is 2. The van der Waals surface area contributed by atoms with Gasteiger partial charge in [0.15, 0.2) is 0 Å². The van der Waals surface area contributed by atoms with E-state index in [1.807, 2.05) is 6.07 Å². The summed E-state index contributed by atoms with van der Waals surface area (Å²) in [6.07, 6.45) is 2.18. The minimum Gasteiger partial charge on any atom is -0.376 e. The maximum atomic E-state index is 6.06. The van der Waals surface area contributed by atoms with Crippen molar-refractivity contribution in [2.75, 3.05) is 5.32 Å². The summed E-state index contributed by atoms with van der Waals surface area (Å²) in [4.78, 5) is 0. The Kier molecular flexibility index (Phi) is 4.11. The molecule has 0 aliphatic heterocycles. The van der Waals surface area contributed by atoms with Crippen LogP contribution in [-0.2, 0) is 6.42 Å². The number of rotatable bonds is 2. The van der Waals surface area contributed by atoms with E-state index in [9.17, 15) is 0 Å². The van der Waals surface area contributed by atoms with Gasteiger partial charge < -0.3 is 5.32 Å². The molecule has 0 bridgehead atoms. The average molecular weight is 416 g/mol. The van der Waals surface area contributed by atoms with Crippen molar-refractivity contribution in [3.05, 3.63) is 61.0 Å². The van der Waals surface area contributed by atoms with Gasteiger partial charge in [0.05, 0.1) is 11.7 Å². The lowest BCUT2D eigenvalue weighted by atomic mass is 10.1. The summed E-state index contributed by atoms with van der Waals surface area (Å²) in [6, 6.07) is 10.8. The monoisotopic (exact) mass is 413 g/mol. The Bertz CT molecular complexity index is 647. The van der Waals surface area contributed by atoms with Gasteiger partial charge in [-0.2, -0.15) is 0 Å². The van der Waals surface area contributed by atoms with Crippen LogP contribution in [0.3, 0.4) is 0 Å². The van der Waals surface area contributed by atoms with Crippen molar-refractivity contribution < 1.29 is 0 Å². The lowest BCUT2D eigenvalue weighted by molar-refractivity contribution is 0.761. The Hall–Kier alpha value is -0.510. The van der Waals surface area contributed by atoms with Gasteiger partial charge in [-0.25, -0.2) is 0 Å². The highest BCUT2D eigenvalue weighted by molar-refractivity contribution is 9.11. The van der Waals surface area contributed by atoms with Gasteiger partial charge in [0, 0.05) is 14.0 Å². The lowest BCUT2D eigenvalue weighted by Crippen LogP contribution is -2.08. The van der Waals surface area contributed by atoms with E-state index in [4.69, 9.17) is 11.6 Å². The van der Waals surface area contributed by atoms with E-state index < -0.39 is 0 Å². The predicted octanol–water partition coefficient (Wildman–Crippen LogP) is 6.27. The molecule has 1 unspecified atom stereocenters. The van der Waals surface area contributed by atoms with Gasteiger partial charge in [-0.15, -0.1) is 0 Å². The fourth-order valence-corrected chi connectivity index (χ4v) is 4.59. The molecule has 4 heteroatoms. The summed E-state index contributed by atoms with van der Waals surface area (Å²) < 4.78 is 2.18. The lowest BCUT2D eigenvalue weighted by Gasteiger charge is -2.18. The second kappa shape index (κ2) is 5.70. The summed E-state index contributed by atoms with van der Waals surface area (Å²) >= 11 is 13.4. The van der Waals surface area contributed by atoms with Crippen molar-refractivity contribution in [3.8, 4) is 0 Å². The molecule has 1 N–H and O–H groups in total. The fourth-order valence-electron chi connectivity index (χ4n) is 2.75. The molecule has 3 rings (SSSR count). The van der Waals surface area contributed by atoms with Crippen molar-refractivity contribution in [3.63, 3.8) is 0 Å². The van der Waals surface area contributed by atoms with Crippen molar-refractivity contribution in [2.45, 2.75) is 25.8 Å². The molecule has 104 valence electrons. The normalized spacial score (nSPS) is 17.1. The fraction of sp³-hybridized carbons (Fsp3) is 0.250. The highest BCUT2D eigenvalue weighted by Crippen LogP contribution is 2.39. The Labute approximate surface area is 141 Å². The van der Waals surface area contributed by atoms with E-state index >= 15 is 0 Å². The molecular formula is C16H14Br2ClN. The van der Waals surface area contributed by atoms with Gasteiger partial charge in [0.2, 0.25) is 0 Å². The first-order valence-electron chi connectivity index (χ1n) is 6.55. The second-order valence-electron chi connectivity index (χ2n) is 5.18. The van der Waals surface area contributed by atoms with Gasteiger partial charge in [0.25, 0.3) is 0 Å². The molecule has 0 aromatic heterocycles. The van der Waals surface area contributed by atoms with Crippen LogP contribution in [0.2, 0.25) is 5.02 Å². The van der Waals surface area contributed by atoms with E-state index in [-0.39, 0.29) is 0 Å². The smallest absolute Gasteiger partial charge is 0.0634 e. The molecule has 1 atom stereocenters. The third kappa shape index (κ3) is 2.76. The van der Waals surface area contributed by atoms with Crippen LogP contribution in [0, 0.1) is 6.92 Å². The van der Waals surface area contributed by atoms with Gasteiger partial charge >= 0.3 is 0 Å². The standard InChI is InChI=1S/C16H14Br2ClN/c1-9-6-13(17)16(14(18)7-9)20-15-5-2-10-8-11(19)3-4-12(10)15/h3-4,6-8,15,20H,2,5H2,1H3. The highest BCUT2D eigenvalue weighted by atomic mass is 79.9. The zero-order valence-electron chi connectivity index (χ0n) is 11.0. The van der Waals surface area contributed by atoms with Gasteiger partial charge in [0.1, 0.15) is 0 Å². The molecule has 20 heavy (non-hydrogen) atoms. The summed E-state index contributed by atoms with van der Waals surface area (Å²) in [7, 11) is 0. The third-order valence-electron chi connectivity index (χ3n) is 3.69. The summed E-state index contributed by atoms with van der Waals surface area (Å²) in [5.41, 5.74) is 5.06. The largest absolute Gasteiger partial charge is 0.376 e. The number of hydrogen-bond acceptors (Lipinski definition) is 1. The minimum absolute atomic E-state index is 0.345. The van der Waals surface area contributed by atoms with E-state index in [1.165, 1.54) is 16.7 Å². The van der Waals surface area contributed by atoms with Crippen LogP contribution in [0.1, 0.15) is 29.2 Å². The van der Waals surface area contributed by atoms with E-state index in [2.05, 4.69) is 68.4 Å². The van der Waals surface area contributed by atoms with Gasteiger partial charge in [-0.1, -0.05) is 17.7 Å². The molecule has 1 aliphatic carbocycles. The van der Waals surface area contributed by atoms with Crippen LogP contribution in [0.5, 0.6) is 0 Å². The number of nitrogens with one attached hydrogen (secondary N) is 1. The van der Waals surface area contributed by atoms with Gasteiger partial charge in [-0.05, 0) is 92.6 Å². The number of hydrogen-bond donors (Lipinski definition) is 1. The molecule has 0 amide bonds. The molecule has 0 saturated heterocycles. The van der Waals surface area contributed by atoms with E-state index in [0.29, 0.717) is 6.04 Å². The first-order chi connectivity index (χ1) is 9.54. The van der Waals surface area contributed by atoms with Crippen molar-refractivity contribution in [2.24, 2.45) is 0 Å². The van der Waals surface area contributed by atoms with Gasteiger partial charge in [-0.3, -0.25) is 0 Å². The number of fused-ring (bicyclic) bond motifs is 1. The summed E-state index contributed by atoms with van der Waals surface area (Å²) in [5.74, 6) is 0. The Balaban J connectivity index is 1.91. The molecule has 0 fully saturated rings. The topological polar surface area (TPSA) is 12.0 Å². The number of anilines is 1. The Morgan fingerprint density at radius 1 is 1.15 bits per heavy atom. The summed E-state index contributed by atoms with van der Waals surface area (Å²) in [5, 5.41) is 4.46. The van der Waals surface area contributed by atoms with Crippen molar-refractivity contribution in [1.82, 2.24) is 0 Å². The molecule has 1 aliphatic rings. The molecule has 0 radical (unpaired) electrons. The number of aryl methyl sites for hydroxylation is 2. The van der Waals surface area contributed by atoms with E-state index in [0.717, 1.165) is 32.5 Å². The van der Waals surface area contributed by atoms with Crippen LogP contribution >= 0.6 is 43.5 Å². The van der Waals surface area contributed by atoms with Crippen LogP contribution in [0.15, 0.2) is 39.3 Å². The Morgan fingerprint density at radius 3 is 2.55 bits per heavy atom. The Morgan fingerprint density at radius 2 is 1.85 bits per heavy atom. The molecule has 1 nitrogen and oxygen atoms in total. The van der Waals surface area contributed by atoms with Crippen LogP contribution < -0.4 is 5.32 Å². The molecule has 2 aromatic rings. The SMILES string of the molecule is Cc1cc(Br)c(NC2CCc3cc(Cl)ccc32)c(Br)c1. The number of halogens is 3. The molecule has 0 saturated carbocycles. The van der Waals surface area contributed by atoms with Crippen LogP contribution in [0.4, 0.5) is 5.69 Å². The maximum absolute atomic E-state index is 6.06. The average Bonchev–Trinajstić information content (AvgIpc) is 2.76. The quantitative estimate of drug-likeness (QED) is 0.609. The molecule has 0 spiro atoms. The minimum atomic E-state index is 0.345. The zero-order valence-corrected chi connectivity index (χ0v) is 14.9. The second-order valence-corrected chi connectivity index (χ2v) is 7.33. The summed E-state index contributed by atoms with van der Waals surface area (Å²) in [6.45, 7) is 2.09. The van der Waals surface area contributed by atoms with Crippen molar-refractivity contribution >= 4 is 49.1 Å².